The van der Waals surface area contributed by atoms with Gasteiger partial charge in [-0.1, -0.05) is 43.6 Å². The van der Waals surface area contributed by atoms with Crippen molar-refractivity contribution in [2.45, 2.75) is 45.8 Å². The minimum atomic E-state index is -1.50. The van der Waals surface area contributed by atoms with Gasteiger partial charge in [-0.2, -0.15) is 0 Å². The van der Waals surface area contributed by atoms with Gasteiger partial charge in [-0.15, -0.1) is 0 Å². The second-order valence-corrected chi connectivity index (χ2v) is 10.8. The molecule has 0 aromatic heterocycles. The molecule has 13 heavy (non-hydrogen) atoms. The summed E-state index contributed by atoms with van der Waals surface area (Å²) in [6.45, 7) is 14.5. The molecule has 0 saturated carbocycles. The first-order valence-electron chi connectivity index (χ1n) is 4.90. The number of alkyl halides is 1. The molecule has 0 amide bonds. The zero-order valence-corrected chi connectivity index (χ0v) is 12.4. The van der Waals surface area contributed by atoms with Gasteiger partial charge in [0.2, 0.25) is 0 Å². The van der Waals surface area contributed by atoms with E-state index in [4.69, 9.17) is 4.43 Å². The van der Waals surface area contributed by atoms with E-state index in [9.17, 15) is 0 Å². The molecule has 0 aliphatic carbocycles. The Morgan fingerprint density at radius 3 is 2.08 bits per heavy atom. The van der Waals surface area contributed by atoms with Crippen molar-refractivity contribution in [1.29, 1.82) is 0 Å². The van der Waals surface area contributed by atoms with Crippen molar-refractivity contribution in [1.82, 2.24) is 0 Å². The first-order valence-corrected chi connectivity index (χ1v) is 8.93. The van der Waals surface area contributed by atoms with Crippen LogP contribution in [-0.4, -0.2) is 20.3 Å². The van der Waals surface area contributed by atoms with Crippen molar-refractivity contribution in [2.24, 2.45) is 5.92 Å². The maximum Gasteiger partial charge on any atom is 0.191 e. The van der Waals surface area contributed by atoms with Crippen molar-refractivity contribution in [3.8, 4) is 0 Å². The van der Waals surface area contributed by atoms with E-state index >= 15 is 0 Å². The predicted octanol–water partition coefficient (Wildman–Crippen LogP) is 4.04. The topological polar surface area (TPSA) is 9.23 Å². The van der Waals surface area contributed by atoms with Crippen molar-refractivity contribution >= 4 is 24.2 Å². The molecule has 0 N–H and O–H groups in total. The molecule has 0 fully saturated rings. The summed E-state index contributed by atoms with van der Waals surface area (Å²) in [5, 5.41) is 1.36. The van der Waals surface area contributed by atoms with Crippen LogP contribution in [0.4, 0.5) is 0 Å². The van der Waals surface area contributed by atoms with Crippen LogP contribution < -0.4 is 0 Å². The second kappa shape index (κ2) is 4.94. The largest absolute Gasteiger partial charge is 0.417 e. The number of hydrogen-bond acceptors (Lipinski definition) is 1. The highest BCUT2D eigenvalue weighted by molar-refractivity contribution is 9.09. The van der Waals surface area contributed by atoms with Crippen LogP contribution in [0, 0.1) is 5.92 Å². The van der Waals surface area contributed by atoms with Crippen LogP contribution in [0.25, 0.3) is 0 Å². The molecular weight excluding hydrogens is 244 g/mol. The molecule has 0 aromatic carbocycles. The lowest BCUT2D eigenvalue weighted by atomic mass is 10.2. The van der Waals surface area contributed by atoms with Crippen LogP contribution in [-0.2, 0) is 4.43 Å². The van der Waals surface area contributed by atoms with E-state index < -0.39 is 8.32 Å². The van der Waals surface area contributed by atoms with Crippen molar-refractivity contribution in [3.05, 3.63) is 0 Å². The zero-order chi connectivity index (χ0) is 10.7. The fourth-order valence-electron chi connectivity index (χ4n) is 0.612. The highest BCUT2D eigenvalue weighted by Gasteiger charge is 2.37. The Morgan fingerprint density at radius 2 is 1.77 bits per heavy atom. The van der Waals surface area contributed by atoms with Gasteiger partial charge in [0, 0.05) is 11.9 Å². The molecule has 0 spiro atoms. The first kappa shape index (κ1) is 13.7. The Bertz CT molecular complexity index is 151. The lowest BCUT2D eigenvalue weighted by Crippen LogP contribution is -2.41. The molecule has 1 nitrogen and oxygen atoms in total. The Morgan fingerprint density at radius 1 is 1.31 bits per heavy atom. The standard InChI is InChI=1S/C10H23BrOSi/c1-9(7-11)8-12-13(5,6)10(2,3)4/h9H,7-8H2,1-6H3. The zero-order valence-electron chi connectivity index (χ0n) is 9.78. The van der Waals surface area contributed by atoms with E-state index in [0.29, 0.717) is 11.0 Å². The number of rotatable bonds is 4. The molecule has 3 heteroatoms. The molecule has 80 valence electrons. The average molecular weight is 267 g/mol. The van der Waals surface area contributed by atoms with Crippen LogP contribution in [0.3, 0.4) is 0 Å². The summed E-state index contributed by atoms with van der Waals surface area (Å²) in [5.74, 6) is 0.620. The van der Waals surface area contributed by atoms with Gasteiger partial charge in [0.1, 0.15) is 0 Å². The number of halogens is 1. The fraction of sp³-hybridized carbons (Fsp3) is 1.00. The minimum absolute atomic E-state index is 0.332. The van der Waals surface area contributed by atoms with Crippen LogP contribution in [0.5, 0.6) is 0 Å². The third-order valence-electron chi connectivity index (χ3n) is 2.80. The van der Waals surface area contributed by atoms with Crippen molar-refractivity contribution < 1.29 is 4.43 Å². The summed E-state index contributed by atoms with van der Waals surface area (Å²) in [6.07, 6.45) is 0. The summed E-state index contributed by atoms with van der Waals surface area (Å²) in [5.41, 5.74) is 0. The molecule has 0 heterocycles. The third kappa shape index (κ3) is 4.61. The van der Waals surface area contributed by atoms with Crippen LogP contribution in [0.15, 0.2) is 0 Å². The maximum atomic E-state index is 6.06. The molecule has 0 aromatic rings. The summed E-state index contributed by atoms with van der Waals surface area (Å²) in [4.78, 5) is 0. The van der Waals surface area contributed by atoms with E-state index in [-0.39, 0.29) is 0 Å². The summed E-state index contributed by atoms with van der Waals surface area (Å²) in [6, 6.07) is 0. The van der Waals surface area contributed by atoms with E-state index in [1.807, 2.05) is 0 Å². The second-order valence-electron chi connectivity index (χ2n) is 5.33. The van der Waals surface area contributed by atoms with Gasteiger partial charge in [-0.05, 0) is 24.1 Å². The molecule has 0 saturated heterocycles. The lowest BCUT2D eigenvalue weighted by molar-refractivity contribution is 0.250. The first-order chi connectivity index (χ1) is 5.70. The Labute approximate surface area is 92.5 Å². The summed E-state index contributed by atoms with van der Waals surface area (Å²) < 4.78 is 6.06. The van der Waals surface area contributed by atoms with Gasteiger partial charge in [0.15, 0.2) is 8.32 Å². The fourth-order valence-corrected chi connectivity index (χ4v) is 1.93. The predicted molar refractivity (Wildman–Crippen MR) is 66.1 cm³/mol. The monoisotopic (exact) mass is 266 g/mol. The van der Waals surface area contributed by atoms with Crippen LogP contribution in [0.2, 0.25) is 18.1 Å². The molecule has 0 radical (unpaired) electrons. The van der Waals surface area contributed by atoms with Crippen LogP contribution >= 0.6 is 15.9 Å². The van der Waals surface area contributed by atoms with E-state index in [1.165, 1.54) is 0 Å². The molecular formula is C10H23BrOSi. The SMILES string of the molecule is CC(CBr)CO[Si](C)(C)C(C)(C)C. The van der Waals surface area contributed by atoms with Crippen molar-refractivity contribution in [2.75, 3.05) is 11.9 Å². The smallest absolute Gasteiger partial charge is 0.191 e. The van der Waals surface area contributed by atoms with E-state index in [1.54, 1.807) is 0 Å². The highest BCUT2D eigenvalue weighted by atomic mass is 79.9. The van der Waals surface area contributed by atoms with Gasteiger partial charge >= 0.3 is 0 Å². The highest BCUT2D eigenvalue weighted by Crippen LogP contribution is 2.36. The quantitative estimate of drug-likeness (QED) is 0.552. The molecule has 1 atom stereocenters. The third-order valence-corrected chi connectivity index (χ3v) is 8.40. The molecule has 1 unspecified atom stereocenters. The van der Waals surface area contributed by atoms with Gasteiger partial charge in [0.25, 0.3) is 0 Å². The normalized spacial score (nSPS) is 15.9. The minimum Gasteiger partial charge on any atom is -0.417 e. The van der Waals surface area contributed by atoms with Crippen LogP contribution in [0.1, 0.15) is 27.7 Å². The van der Waals surface area contributed by atoms with Gasteiger partial charge in [-0.25, -0.2) is 0 Å². The Kier molecular flexibility index (Phi) is 5.19. The maximum absolute atomic E-state index is 6.06. The number of hydrogen-bond donors (Lipinski definition) is 0. The summed E-state index contributed by atoms with van der Waals surface area (Å²) >= 11 is 3.47. The molecule has 0 aliphatic rings. The lowest BCUT2D eigenvalue weighted by Gasteiger charge is -2.36. The van der Waals surface area contributed by atoms with E-state index in [2.05, 4.69) is 56.7 Å². The van der Waals surface area contributed by atoms with Gasteiger partial charge < -0.3 is 4.43 Å². The van der Waals surface area contributed by atoms with E-state index in [0.717, 1.165) is 11.9 Å². The van der Waals surface area contributed by atoms with Gasteiger partial charge in [-0.3, -0.25) is 0 Å². The summed E-state index contributed by atoms with van der Waals surface area (Å²) in [7, 11) is -1.50. The molecule has 0 rings (SSSR count). The average Bonchev–Trinajstić information content (AvgIpc) is 1.98. The van der Waals surface area contributed by atoms with Crippen molar-refractivity contribution in [3.63, 3.8) is 0 Å². The van der Waals surface area contributed by atoms with Gasteiger partial charge in [0.05, 0.1) is 0 Å². The Hall–Kier alpha value is 0.657. The molecule has 0 bridgehead atoms. The Balaban J connectivity index is 4.04. The molecule has 0 aliphatic heterocycles.